The van der Waals surface area contributed by atoms with Crippen molar-refractivity contribution in [3.63, 3.8) is 0 Å². The SMILES string of the molecule is CC(C)(C)OC(=O)N1CCc2nn3c(c2C1)C(=O)NCCCC3. The number of amides is 2. The summed E-state index contributed by atoms with van der Waals surface area (Å²) in [5, 5.41) is 7.51. The van der Waals surface area contributed by atoms with Gasteiger partial charge in [0.1, 0.15) is 11.3 Å². The van der Waals surface area contributed by atoms with E-state index in [4.69, 9.17) is 4.74 Å². The van der Waals surface area contributed by atoms with Crippen LogP contribution >= 0.6 is 0 Å². The summed E-state index contributed by atoms with van der Waals surface area (Å²) >= 11 is 0. The minimum absolute atomic E-state index is 0.0931. The van der Waals surface area contributed by atoms with Gasteiger partial charge in [0.05, 0.1) is 12.2 Å². The number of carbonyl (C=O) groups excluding carboxylic acids is 2. The predicted molar refractivity (Wildman–Crippen MR) is 84.1 cm³/mol. The molecular formula is C16H24N4O3. The van der Waals surface area contributed by atoms with Crippen molar-refractivity contribution in [1.82, 2.24) is 20.0 Å². The van der Waals surface area contributed by atoms with Gasteiger partial charge in [-0.15, -0.1) is 0 Å². The number of fused-ring (bicyclic) bond motifs is 3. The van der Waals surface area contributed by atoms with Gasteiger partial charge in [0.25, 0.3) is 5.91 Å². The average molecular weight is 320 g/mol. The molecule has 0 atom stereocenters. The molecule has 0 aromatic carbocycles. The van der Waals surface area contributed by atoms with Crippen LogP contribution < -0.4 is 5.32 Å². The van der Waals surface area contributed by atoms with Crippen molar-refractivity contribution in [2.24, 2.45) is 0 Å². The summed E-state index contributed by atoms with van der Waals surface area (Å²) in [6.07, 6.45) is 2.26. The van der Waals surface area contributed by atoms with Gasteiger partial charge in [-0.1, -0.05) is 0 Å². The number of ether oxygens (including phenoxy) is 1. The second-order valence-electron chi connectivity index (χ2n) is 7.11. The van der Waals surface area contributed by atoms with Crippen LogP contribution in [0, 0.1) is 0 Å². The van der Waals surface area contributed by atoms with E-state index >= 15 is 0 Å². The van der Waals surface area contributed by atoms with E-state index in [1.807, 2.05) is 20.8 Å². The van der Waals surface area contributed by atoms with Crippen molar-refractivity contribution in [3.8, 4) is 0 Å². The highest BCUT2D eigenvalue weighted by molar-refractivity contribution is 5.94. The molecule has 0 aliphatic carbocycles. The van der Waals surface area contributed by atoms with E-state index < -0.39 is 5.60 Å². The van der Waals surface area contributed by atoms with Crippen LogP contribution in [0.2, 0.25) is 0 Å². The maximum Gasteiger partial charge on any atom is 0.410 e. The number of aromatic nitrogens is 2. The van der Waals surface area contributed by atoms with Gasteiger partial charge < -0.3 is 15.0 Å². The number of hydrogen-bond acceptors (Lipinski definition) is 4. The van der Waals surface area contributed by atoms with Crippen LogP contribution in [0.4, 0.5) is 4.79 Å². The second-order valence-corrected chi connectivity index (χ2v) is 7.11. The Morgan fingerprint density at radius 2 is 2.04 bits per heavy atom. The Kier molecular flexibility index (Phi) is 4.04. The molecule has 0 spiro atoms. The number of aryl methyl sites for hydroxylation is 1. The van der Waals surface area contributed by atoms with Crippen LogP contribution in [0.25, 0.3) is 0 Å². The molecule has 0 saturated carbocycles. The number of nitrogens with zero attached hydrogens (tertiary/aromatic N) is 3. The minimum Gasteiger partial charge on any atom is -0.444 e. The van der Waals surface area contributed by atoms with E-state index in [-0.39, 0.29) is 12.0 Å². The first-order valence-electron chi connectivity index (χ1n) is 8.20. The number of carbonyl (C=O) groups is 2. The third-order valence-corrected chi connectivity index (χ3v) is 4.05. The Morgan fingerprint density at radius 1 is 1.26 bits per heavy atom. The largest absolute Gasteiger partial charge is 0.444 e. The summed E-state index contributed by atoms with van der Waals surface area (Å²) in [7, 11) is 0. The van der Waals surface area contributed by atoms with Gasteiger partial charge in [-0.05, 0) is 33.6 Å². The lowest BCUT2D eigenvalue weighted by atomic mass is 10.0. The standard InChI is InChI=1S/C16H24N4O3/c1-16(2,3)23-15(22)19-9-6-12-11(10-19)13-14(21)17-7-4-5-8-20(13)18-12/h4-10H2,1-3H3,(H,17,21). The van der Waals surface area contributed by atoms with E-state index in [9.17, 15) is 9.59 Å². The molecule has 3 rings (SSSR count). The van der Waals surface area contributed by atoms with Crippen molar-refractivity contribution in [3.05, 3.63) is 17.0 Å². The van der Waals surface area contributed by atoms with Gasteiger partial charge in [-0.3, -0.25) is 9.48 Å². The Balaban J connectivity index is 1.85. The molecule has 1 aromatic rings. The Morgan fingerprint density at radius 3 is 2.78 bits per heavy atom. The molecule has 1 aromatic heterocycles. The summed E-state index contributed by atoms with van der Waals surface area (Å²) in [5.74, 6) is -0.0931. The van der Waals surface area contributed by atoms with Crippen LogP contribution in [0.15, 0.2) is 0 Å². The molecule has 7 heteroatoms. The molecule has 1 N–H and O–H groups in total. The fourth-order valence-corrected chi connectivity index (χ4v) is 3.00. The quantitative estimate of drug-likeness (QED) is 0.789. The Hall–Kier alpha value is -2.05. The van der Waals surface area contributed by atoms with Gasteiger partial charge in [0.15, 0.2) is 0 Å². The zero-order valence-electron chi connectivity index (χ0n) is 14.0. The smallest absolute Gasteiger partial charge is 0.410 e. The molecule has 0 radical (unpaired) electrons. The highest BCUT2D eigenvalue weighted by Gasteiger charge is 2.32. The molecule has 23 heavy (non-hydrogen) atoms. The zero-order chi connectivity index (χ0) is 16.6. The zero-order valence-corrected chi connectivity index (χ0v) is 14.0. The molecule has 0 bridgehead atoms. The molecule has 3 heterocycles. The van der Waals surface area contributed by atoms with E-state index in [0.717, 1.165) is 30.6 Å². The van der Waals surface area contributed by atoms with Gasteiger partial charge >= 0.3 is 6.09 Å². The van der Waals surface area contributed by atoms with Gasteiger partial charge in [0, 0.05) is 31.6 Å². The topological polar surface area (TPSA) is 76.5 Å². The van der Waals surface area contributed by atoms with Gasteiger partial charge in [-0.25, -0.2) is 4.79 Å². The first-order valence-corrected chi connectivity index (χ1v) is 8.20. The molecule has 2 aliphatic heterocycles. The van der Waals surface area contributed by atoms with E-state index in [0.29, 0.717) is 31.7 Å². The highest BCUT2D eigenvalue weighted by Crippen LogP contribution is 2.25. The van der Waals surface area contributed by atoms with Crippen LogP contribution in [0.1, 0.15) is 55.4 Å². The lowest BCUT2D eigenvalue weighted by Crippen LogP contribution is -2.40. The molecule has 126 valence electrons. The minimum atomic E-state index is -0.525. The fraction of sp³-hybridized carbons (Fsp3) is 0.688. The van der Waals surface area contributed by atoms with E-state index in [1.54, 1.807) is 9.58 Å². The van der Waals surface area contributed by atoms with Crippen LogP contribution in [-0.2, 0) is 24.2 Å². The Labute approximate surface area is 136 Å². The van der Waals surface area contributed by atoms with Crippen LogP contribution in [0.5, 0.6) is 0 Å². The van der Waals surface area contributed by atoms with Crippen molar-refractivity contribution in [1.29, 1.82) is 0 Å². The molecule has 0 fully saturated rings. The summed E-state index contributed by atoms with van der Waals surface area (Å²) in [6.45, 7) is 7.94. The van der Waals surface area contributed by atoms with E-state index in [2.05, 4.69) is 10.4 Å². The molecule has 0 unspecified atom stereocenters. The van der Waals surface area contributed by atoms with Crippen molar-refractivity contribution >= 4 is 12.0 Å². The lowest BCUT2D eigenvalue weighted by Gasteiger charge is -2.29. The van der Waals surface area contributed by atoms with Crippen molar-refractivity contribution in [2.45, 2.75) is 58.7 Å². The summed E-state index contributed by atoms with van der Waals surface area (Å²) in [5.41, 5.74) is 1.87. The maximum atomic E-state index is 12.4. The third-order valence-electron chi connectivity index (χ3n) is 4.05. The summed E-state index contributed by atoms with van der Waals surface area (Å²) < 4.78 is 7.25. The van der Waals surface area contributed by atoms with Gasteiger partial charge in [-0.2, -0.15) is 5.10 Å². The van der Waals surface area contributed by atoms with Crippen molar-refractivity contribution in [2.75, 3.05) is 13.1 Å². The highest BCUT2D eigenvalue weighted by atomic mass is 16.6. The first-order chi connectivity index (χ1) is 10.8. The van der Waals surface area contributed by atoms with Crippen molar-refractivity contribution < 1.29 is 14.3 Å². The molecular weight excluding hydrogens is 296 g/mol. The fourth-order valence-electron chi connectivity index (χ4n) is 3.00. The van der Waals surface area contributed by atoms with Gasteiger partial charge in [0.2, 0.25) is 0 Å². The predicted octanol–water partition coefficient (Wildman–Crippen LogP) is 1.70. The number of nitrogens with one attached hydrogen (secondary N) is 1. The maximum absolute atomic E-state index is 12.4. The second kappa shape index (κ2) is 5.86. The normalized spacial score (nSPS) is 18.4. The number of rotatable bonds is 0. The molecule has 0 saturated heterocycles. The molecule has 2 aliphatic rings. The lowest BCUT2D eigenvalue weighted by molar-refractivity contribution is 0.0222. The van der Waals surface area contributed by atoms with E-state index in [1.165, 1.54) is 0 Å². The number of hydrogen-bond donors (Lipinski definition) is 1. The van der Waals surface area contributed by atoms with Crippen LogP contribution in [-0.4, -0.2) is 45.4 Å². The molecule has 2 amide bonds. The molecule has 7 nitrogen and oxygen atoms in total. The Bertz CT molecular complexity index is 630. The van der Waals surface area contributed by atoms with Crippen LogP contribution in [0.3, 0.4) is 0 Å². The monoisotopic (exact) mass is 320 g/mol. The first kappa shape index (κ1) is 15.8. The third kappa shape index (κ3) is 3.33. The summed E-state index contributed by atoms with van der Waals surface area (Å²) in [4.78, 5) is 26.3. The summed E-state index contributed by atoms with van der Waals surface area (Å²) in [6, 6.07) is 0. The average Bonchev–Trinajstić information content (AvgIpc) is 2.79.